The largest absolute Gasteiger partial charge is 0.463 e. The van der Waals surface area contributed by atoms with Crippen LogP contribution in [0.4, 0.5) is 0 Å². The fourth-order valence-electron chi connectivity index (χ4n) is 4.48. The molecule has 0 spiro atoms. The Morgan fingerprint density at radius 1 is 1.26 bits per heavy atom. The number of esters is 1. The van der Waals surface area contributed by atoms with Crippen LogP contribution >= 0.6 is 0 Å². The summed E-state index contributed by atoms with van der Waals surface area (Å²) >= 11 is 0. The molecular formula is C18H29NO7S. The molecular weight excluding hydrogens is 374 g/mol. The predicted octanol–water partition coefficient (Wildman–Crippen LogP) is 0.850. The molecule has 0 aromatic carbocycles. The van der Waals surface area contributed by atoms with Crippen molar-refractivity contribution in [2.24, 2.45) is 23.2 Å². The van der Waals surface area contributed by atoms with Crippen molar-refractivity contribution >= 4 is 22.0 Å². The maximum atomic E-state index is 12.1. The van der Waals surface area contributed by atoms with Gasteiger partial charge in [0.05, 0.1) is 23.3 Å². The number of ether oxygens (including phenoxy) is 2. The maximum absolute atomic E-state index is 12.1. The number of hydrogen-bond donors (Lipinski definition) is 1. The summed E-state index contributed by atoms with van der Waals surface area (Å²) in [5, 5.41) is 2.22. The monoisotopic (exact) mass is 403 g/mol. The van der Waals surface area contributed by atoms with Crippen molar-refractivity contribution in [3.8, 4) is 0 Å². The van der Waals surface area contributed by atoms with Crippen LogP contribution in [0.1, 0.15) is 40.5 Å². The molecule has 9 heteroatoms. The molecule has 154 valence electrons. The third kappa shape index (κ3) is 3.73. The highest BCUT2D eigenvalue weighted by atomic mass is 32.2. The van der Waals surface area contributed by atoms with E-state index in [0.29, 0.717) is 6.42 Å². The van der Waals surface area contributed by atoms with Crippen LogP contribution in [-0.2, 0) is 33.4 Å². The molecule has 3 rings (SSSR count). The molecule has 2 bridgehead atoms. The molecule has 1 aliphatic heterocycles. The number of carbonyl (C=O) groups excluding carboxylic acids is 2. The molecule has 6 unspecified atom stereocenters. The normalized spacial score (nSPS) is 36.0. The molecule has 0 aromatic heterocycles. The highest BCUT2D eigenvalue weighted by Crippen LogP contribution is 2.58. The number of carbonyl (C=O) groups is 2. The van der Waals surface area contributed by atoms with Gasteiger partial charge in [0.15, 0.2) is 0 Å². The van der Waals surface area contributed by atoms with Gasteiger partial charge in [-0.2, -0.15) is 8.42 Å². The van der Waals surface area contributed by atoms with Crippen molar-refractivity contribution in [3.05, 3.63) is 0 Å². The summed E-state index contributed by atoms with van der Waals surface area (Å²) in [6, 6.07) is 0. The minimum Gasteiger partial charge on any atom is -0.463 e. The Kier molecular flexibility index (Phi) is 5.58. The molecule has 1 saturated heterocycles. The quantitative estimate of drug-likeness (QED) is 0.364. The molecule has 6 atom stereocenters. The van der Waals surface area contributed by atoms with Gasteiger partial charge in [-0.15, -0.1) is 0 Å². The molecule has 3 fully saturated rings. The average molecular weight is 403 g/mol. The first-order chi connectivity index (χ1) is 12.6. The van der Waals surface area contributed by atoms with Gasteiger partial charge in [-0.3, -0.25) is 13.8 Å². The van der Waals surface area contributed by atoms with Crippen LogP contribution < -0.4 is 5.32 Å². The predicted molar refractivity (Wildman–Crippen MR) is 96.1 cm³/mol. The molecule has 1 N–H and O–H groups in total. The molecule has 2 saturated carbocycles. The lowest BCUT2D eigenvalue weighted by Gasteiger charge is -2.29. The van der Waals surface area contributed by atoms with Gasteiger partial charge in [0.25, 0.3) is 10.1 Å². The Morgan fingerprint density at radius 3 is 2.63 bits per heavy atom. The van der Waals surface area contributed by atoms with E-state index in [1.54, 1.807) is 0 Å². The van der Waals surface area contributed by atoms with Gasteiger partial charge in [-0.1, -0.05) is 13.8 Å². The summed E-state index contributed by atoms with van der Waals surface area (Å²) in [5.74, 6) is -0.556. The number of hydrogen-bond acceptors (Lipinski definition) is 7. The zero-order chi connectivity index (χ0) is 20.0. The summed E-state index contributed by atoms with van der Waals surface area (Å²) in [4.78, 5) is 23.8. The molecule has 2 aliphatic carbocycles. The minimum absolute atomic E-state index is 0.0202. The zero-order valence-corrected chi connectivity index (χ0v) is 17.1. The average Bonchev–Trinajstić information content (AvgIpc) is 3.18. The van der Waals surface area contributed by atoms with Crippen molar-refractivity contribution in [2.45, 2.75) is 58.0 Å². The van der Waals surface area contributed by atoms with E-state index in [2.05, 4.69) is 5.32 Å². The van der Waals surface area contributed by atoms with Crippen LogP contribution in [-0.4, -0.2) is 57.5 Å². The van der Waals surface area contributed by atoms with Gasteiger partial charge in [0, 0.05) is 5.92 Å². The maximum Gasteiger partial charge on any atom is 0.311 e. The molecule has 1 amide bonds. The highest BCUT2D eigenvalue weighted by molar-refractivity contribution is 7.87. The third-order valence-electron chi connectivity index (χ3n) is 6.41. The molecule has 8 nitrogen and oxygen atoms in total. The van der Waals surface area contributed by atoms with Gasteiger partial charge in [0.1, 0.15) is 19.3 Å². The first-order valence-corrected chi connectivity index (χ1v) is 11.0. The highest BCUT2D eigenvalue weighted by Gasteiger charge is 2.67. The summed E-state index contributed by atoms with van der Waals surface area (Å²) < 4.78 is 40.4. The fourth-order valence-corrected chi connectivity index (χ4v) is 6.59. The molecule has 1 heterocycles. The van der Waals surface area contributed by atoms with E-state index in [-0.39, 0.29) is 55.5 Å². The van der Waals surface area contributed by atoms with Crippen molar-refractivity contribution in [3.63, 3.8) is 0 Å². The zero-order valence-electron chi connectivity index (χ0n) is 16.3. The Bertz CT molecular complexity index is 704. The number of fused-ring (bicyclic) bond motifs is 1. The van der Waals surface area contributed by atoms with Gasteiger partial charge < -0.3 is 14.8 Å². The second-order valence-corrected chi connectivity index (χ2v) is 10.2. The van der Waals surface area contributed by atoms with Crippen LogP contribution in [0.25, 0.3) is 0 Å². The Balaban J connectivity index is 1.40. The van der Waals surface area contributed by atoms with Crippen molar-refractivity contribution in [2.75, 3.05) is 19.8 Å². The van der Waals surface area contributed by atoms with Crippen molar-refractivity contribution in [1.82, 2.24) is 5.32 Å². The second-order valence-electron chi connectivity index (χ2n) is 8.44. The summed E-state index contributed by atoms with van der Waals surface area (Å²) in [6.07, 6.45) is 0.609. The Labute approximate surface area is 160 Å². The van der Waals surface area contributed by atoms with E-state index < -0.39 is 26.9 Å². The summed E-state index contributed by atoms with van der Waals surface area (Å²) in [7, 11) is -3.52. The number of amides is 1. The van der Waals surface area contributed by atoms with E-state index in [4.69, 9.17) is 13.7 Å². The van der Waals surface area contributed by atoms with E-state index in [1.165, 1.54) is 0 Å². The van der Waals surface area contributed by atoms with Gasteiger partial charge >= 0.3 is 5.97 Å². The van der Waals surface area contributed by atoms with Crippen LogP contribution in [0, 0.1) is 23.2 Å². The summed E-state index contributed by atoms with van der Waals surface area (Å²) in [5.41, 5.74) is -0.537. The fraction of sp³-hybridized carbons (Fsp3) is 0.889. The summed E-state index contributed by atoms with van der Waals surface area (Å²) in [6.45, 7) is 7.60. The smallest absolute Gasteiger partial charge is 0.311 e. The second kappa shape index (κ2) is 7.33. The van der Waals surface area contributed by atoms with Crippen LogP contribution in [0.3, 0.4) is 0 Å². The van der Waals surface area contributed by atoms with E-state index in [1.807, 2.05) is 27.7 Å². The van der Waals surface area contributed by atoms with Gasteiger partial charge in [-0.25, -0.2) is 0 Å². The third-order valence-corrected chi connectivity index (χ3v) is 8.34. The van der Waals surface area contributed by atoms with Crippen molar-refractivity contribution in [1.29, 1.82) is 0 Å². The Hall–Kier alpha value is -1.19. The van der Waals surface area contributed by atoms with Crippen LogP contribution in [0.2, 0.25) is 0 Å². The van der Waals surface area contributed by atoms with Crippen LogP contribution in [0.5, 0.6) is 0 Å². The molecule has 27 heavy (non-hydrogen) atoms. The Morgan fingerprint density at radius 2 is 1.96 bits per heavy atom. The van der Waals surface area contributed by atoms with E-state index in [9.17, 15) is 18.0 Å². The minimum atomic E-state index is -3.52. The molecule has 0 aromatic rings. The molecule has 3 aliphatic rings. The van der Waals surface area contributed by atoms with E-state index >= 15 is 0 Å². The lowest BCUT2D eigenvalue weighted by Crippen LogP contribution is -2.42. The number of nitrogens with one attached hydrogen (secondary N) is 1. The first-order valence-electron chi connectivity index (χ1n) is 9.56. The van der Waals surface area contributed by atoms with Crippen molar-refractivity contribution < 1.29 is 31.7 Å². The number of rotatable bonds is 8. The van der Waals surface area contributed by atoms with Gasteiger partial charge in [0.2, 0.25) is 5.91 Å². The van der Waals surface area contributed by atoms with E-state index in [0.717, 1.165) is 6.42 Å². The topological polar surface area (TPSA) is 108 Å². The lowest BCUT2D eigenvalue weighted by atomic mass is 9.86. The lowest BCUT2D eigenvalue weighted by molar-refractivity contribution is -0.154. The molecule has 0 radical (unpaired) electrons. The SMILES string of the molecule is CCC(C)(C)C(=O)OCCNC(=O)COC1C2CC3C1OS(=O)(=O)C3C2C. The first kappa shape index (κ1) is 20.5. The van der Waals surface area contributed by atoms with Crippen LogP contribution in [0.15, 0.2) is 0 Å². The standard InChI is InChI=1S/C18H29NO7S/c1-5-18(3,4)17(21)24-7-6-19-13(20)9-25-14-11-8-12-15(14)26-27(22,23)16(12)10(11)2/h10-12,14-16H,5-9H2,1-4H3,(H,19,20). The van der Waals surface area contributed by atoms with Gasteiger partial charge in [-0.05, 0) is 38.5 Å².